The fourth-order valence-corrected chi connectivity index (χ4v) is 10.1. The third-order valence-corrected chi connectivity index (χ3v) is 13.7. The minimum absolute atomic E-state index is 0.721. The molecular weight excluding hydrogens is 359 g/mol. The van der Waals surface area contributed by atoms with Gasteiger partial charge in [0.25, 0.3) is 0 Å². The molecule has 1 heterocycles. The molecule has 3 heteroatoms. The Kier molecular flexibility index (Phi) is 5.48. The molecule has 0 spiro atoms. The van der Waals surface area contributed by atoms with Gasteiger partial charge in [-0.15, -0.1) is 0 Å². The summed E-state index contributed by atoms with van der Waals surface area (Å²) in [6, 6.07) is 12.7. The number of hydrogen-bond donors (Lipinski definition) is 0. The van der Waals surface area contributed by atoms with E-state index < -0.39 is 18.4 Å². The molecule has 0 aliphatic heterocycles. The van der Waals surface area contributed by atoms with Crippen molar-refractivity contribution >= 4 is 32.6 Å². The molecule has 0 saturated carbocycles. The van der Waals surface area contributed by atoms with Crippen LogP contribution in [0.5, 0.6) is 0 Å². The predicted molar refractivity (Wildman–Crippen MR) is 87.1 cm³/mol. The van der Waals surface area contributed by atoms with Gasteiger partial charge in [-0.25, -0.2) is 0 Å². The molecule has 0 amide bonds. The van der Waals surface area contributed by atoms with Crippen molar-refractivity contribution in [1.82, 2.24) is 0 Å². The van der Waals surface area contributed by atoms with Crippen LogP contribution in [0.15, 0.2) is 41.8 Å². The molecule has 0 radical (unpaired) electrons. The molecule has 19 heavy (non-hydrogen) atoms. The third-order valence-electron chi connectivity index (χ3n) is 3.06. The molecule has 2 rings (SSSR count). The van der Waals surface area contributed by atoms with Crippen LogP contribution in [0.25, 0.3) is 0 Å². The average molecular weight is 381 g/mol. The summed E-state index contributed by atoms with van der Waals surface area (Å²) in [5.41, 5.74) is 2.78. The van der Waals surface area contributed by atoms with Crippen molar-refractivity contribution in [2.75, 3.05) is 6.61 Å². The zero-order valence-electron chi connectivity index (χ0n) is 12.0. The molecule has 0 aliphatic rings. The molecule has 1 nitrogen and oxygen atoms in total. The van der Waals surface area contributed by atoms with Gasteiger partial charge < -0.3 is 0 Å². The molecule has 0 aliphatic carbocycles. The number of thiophene rings is 1. The first-order chi connectivity index (χ1) is 9.07. The van der Waals surface area contributed by atoms with Crippen molar-refractivity contribution < 1.29 is 4.74 Å². The van der Waals surface area contributed by atoms with Crippen LogP contribution in [0.1, 0.15) is 11.1 Å². The van der Waals surface area contributed by atoms with Crippen LogP contribution >= 0.6 is 11.3 Å². The van der Waals surface area contributed by atoms with Gasteiger partial charge in [-0.05, 0) is 0 Å². The summed E-state index contributed by atoms with van der Waals surface area (Å²) in [5, 5.41) is 2.24. The van der Waals surface area contributed by atoms with Crippen LogP contribution in [0.3, 0.4) is 0 Å². The quantitative estimate of drug-likeness (QED) is 0.542. The number of hydrogen-bond acceptors (Lipinski definition) is 2. The fraction of sp³-hybridized carbons (Fsp3) is 0.375. The van der Waals surface area contributed by atoms with E-state index in [0.717, 1.165) is 19.6 Å². The summed E-state index contributed by atoms with van der Waals surface area (Å²) >= 11 is 0.0318. The van der Waals surface area contributed by atoms with E-state index in [0.29, 0.717) is 0 Å². The van der Waals surface area contributed by atoms with Gasteiger partial charge in [0.05, 0.1) is 0 Å². The zero-order valence-corrected chi connectivity index (χ0v) is 15.6. The van der Waals surface area contributed by atoms with E-state index in [1.807, 2.05) is 17.4 Å². The first-order valence-corrected chi connectivity index (χ1v) is 17.6. The second kappa shape index (κ2) is 6.91. The van der Waals surface area contributed by atoms with E-state index in [1.165, 1.54) is 11.1 Å². The zero-order chi connectivity index (χ0) is 13.7. The van der Waals surface area contributed by atoms with E-state index in [9.17, 15) is 0 Å². The van der Waals surface area contributed by atoms with E-state index >= 15 is 0 Å². The second-order valence-electron chi connectivity index (χ2n) is 5.81. The summed E-state index contributed by atoms with van der Waals surface area (Å²) in [6.45, 7) is 1.54. The number of ether oxygens (including phenoxy) is 1. The van der Waals surface area contributed by atoms with Gasteiger partial charge in [0.15, 0.2) is 0 Å². The van der Waals surface area contributed by atoms with Gasteiger partial charge in [0, 0.05) is 0 Å². The molecule has 0 N–H and O–H groups in total. The predicted octanol–water partition coefficient (Wildman–Crippen LogP) is 4.05. The number of rotatable bonds is 6. The van der Waals surface area contributed by atoms with Gasteiger partial charge in [-0.2, -0.15) is 0 Å². The molecule has 1 aromatic heterocycles. The standard InChI is InChI=1S/C13H13OS.3CH3.Sn/c1-2-4-12(5-3-1)10-14-8-6-13-7-9-15-11-13;;;;/h1-5,7,9H,6,8,10H2;3*1H3;. The maximum atomic E-state index is 5.79. The van der Waals surface area contributed by atoms with Crippen molar-refractivity contribution in [2.24, 2.45) is 0 Å². The van der Waals surface area contributed by atoms with Crippen molar-refractivity contribution in [3.63, 3.8) is 0 Å². The summed E-state index contributed by atoms with van der Waals surface area (Å²) in [6.07, 6.45) is 1.06. The average Bonchev–Trinajstić information content (AvgIpc) is 2.84. The van der Waals surface area contributed by atoms with Gasteiger partial charge in [-0.3, -0.25) is 0 Å². The maximum absolute atomic E-state index is 5.79. The first-order valence-electron chi connectivity index (χ1n) is 6.76. The Bertz CT molecular complexity index is 499. The molecule has 0 atom stereocenters. The summed E-state index contributed by atoms with van der Waals surface area (Å²) in [4.78, 5) is 7.44. The summed E-state index contributed by atoms with van der Waals surface area (Å²) in [7, 11) is 0. The second-order valence-corrected chi connectivity index (χ2v) is 22.0. The summed E-state index contributed by atoms with van der Waals surface area (Å²) < 4.78 is 7.48. The molecule has 0 saturated heterocycles. The molecule has 2 aromatic rings. The van der Waals surface area contributed by atoms with Gasteiger partial charge in [0.2, 0.25) is 0 Å². The van der Waals surface area contributed by atoms with Gasteiger partial charge >= 0.3 is 125 Å². The van der Waals surface area contributed by atoms with E-state index in [1.54, 1.807) is 2.89 Å². The Morgan fingerprint density at radius 1 is 1.05 bits per heavy atom. The van der Waals surface area contributed by atoms with E-state index in [4.69, 9.17) is 4.74 Å². The normalized spacial score (nSPS) is 11.7. The summed E-state index contributed by atoms with van der Waals surface area (Å²) in [5.74, 6) is 0. The first kappa shape index (κ1) is 15.1. The molecule has 0 unspecified atom stereocenters. The van der Waals surface area contributed by atoms with Crippen LogP contribution in [0.4, 0.5) is 0 Å². The monoisotopic (exact) mass is 382 g/mol. The van der Waals surface area contributed by atoms with E-state index in [2.05, 4.69) is 50.5 Å². The minimum atomic E-state index is -1.92. The molecule has 0 bridgehead atoms. The van der Waals surface area contributed by atoms with Crippen LogP contribution in [-0.4, -0.2) is 25.0 Å². The number of benzene rings is 1. The van der Waals surface area contributed by atoms with Gasteiger partial charge in [0.1, 0.15) is 0 Å². The molecular formula is C16H22OSSn. The SMILES string of the molecule is [CH3][Sn]([CH3])([CH3])[c]1sccc1CCOCc1ccccc1. The molecule has 1 aromatic carbocycles. The van der Waals surface area contributed by atoms with Crippen LogP contribution < -0.4 is 2.89 Å². The van der Waals surface area contributed by atoms with Crippen LogP contribution in [0.2, 0.25) is 14.8 Å². The molecule has 0 fully saturated rings. The Hall–Kier alpha value is -0.321. The van der Waals surface area contributed by atoms with Crippen LogP contribution in [0, 0.1) is 0 Å². The van der Waals surface area contributed by atoms with Crippen LogP contribution in [-0.2, 0) is 17.8 Å². The van der Waals surface area contributed by atoms with Gasteiger partial charge in [-0.1, -0.05) is 0 Å². The Balaban J connectivity index is 1.82. The van der Waals surface area contributed by atoms with Crippen molar-refractivity contribution in [3.05, 3.63) is 52.9 Å². The third kappa shape index (κ3) is 4.62. The fourth-order valence-electron chi connectivity index (χ4n) is 2.14. The topological polar surface area (TPSA) is 9.23 Å². The molecule has 102 valence electrons. The van der Waals surface area contributed by atoms with E-state index in [-0.39, 0.29) is 0 Å². The Labute approximate surface area is 124 Å². The Morgan fingerprint density at radius 2 is 1.79 bits per heavy atom. The Morgan fingerprint density at radius 3 is 2.47 bits per heavy atom. The van der Waals surface area contributed by atoms with Crippen molar-refractivity contribution in [1.29, 1.82) is 0 Å². The van der Waals surface area contributed by atoms with Crippen molar-refractivity contribution in [3.8, 4) is 0 Å². The van der Waals surface area contributed by atoms with Crippen molar-refractivity contribution in [2.45, 2.75) is 27.8 Å².